The van der Waals surface area contributed by atoms with Crippen molar-refractivity contribution in [3.05, 3.63) is 47.6 Å². The zero-order valence-corrected chi connectivity index (χ0v) is 13.9. The fourth-order valence-electron chi connectivity index (χ4n) is 3.74. The zero-order valence-electron chi connectivity index (χ0n) is 13.9. The Morgan fingerprint density at radius 2 is 2.25 bits per heavy atom. The van der Waals surface area contributed by atoms with Gasteiger partial charge in [0.2, 0.25) is 0 Å². The van der Waals surface area contributed by atoms with Crippen molar-refractivity contribution in [1.82, 2.24) is 15.0 Å². The Bertz CT molecular complexity index is 661. The summed E-state index contributed by atoms with van der Waals surface area (Å²) in [6.45, 7) is 4.95. The number of pyridine rings is 1. The van der Waals surface area contributed by atoms with E-state index in [2.05, 4.69) is 15.0 Å². The molecule has 1 saturated heterocycles. The summed E-state index contributed by atoms with van der Waals surface area (Å²) >= 11 is 0. The fourth-order valence-corrected chi connectivity index (χ4v) is 3.74. The SMILES string of the molecule is Cc1cc(CN2CCO[C@H]3[C@@H](OCc4ccccn4)CC[C@@H]32)no1. The molecule has 2 fully saturated rings. The van der Waals surface area contributed by atoms with E-state index in [0.29, 0.717) is 12.6 Å². The highest BCUT2D eigenvalue weighted by Gasteiger charge is 2.43. The van der Waals surface area contributed by atoms with Crippen LogP contribution in [0.4, 0.5) is 0 Å². The summed E-state index contributed by atoms with van der Waals surface area (Å²) in [5.74, 6) is 0.859. The number of aryl methyl sites for hydroxylation is 1. The molecule has 0 aromatic carbocycles. The molecule has 0 N–H and O–H groups in total. The highest BCUT2D eigenvalue weighted by atomic mass is 16.5. The average Bonchev–Trinajstić information content (AvgIpc) is 3.21. The molecule has 0 radical (unpaired) electrons. The third-order valence-corrected chi connectivity index (χ3v) is 4.86. The topological polar surface area (TPSA) is 60.6 Å². The van der Waals surface area contributed by atoms with Gasteiger partial charge < -0.3 is 14.0 Å². The number of nitrogens with zero attached hydrogens (tertiary/aromatic N) is 3. The first-order chi connectivity index (χ1) is 11.8. The van der Waals surface area contributed by atoms with Crippen LogP contribution in [0.15, 0.2) is 35.0 Å². The van der Waals surface area contributed by atoms with Crippen molar-refractivity contribution in [2.24, 2.45) is 0 Å². The van der Waals surface area contributed by atoms with Gasteiger partial charge in [-0.3, -0.25) is 9.88 Å². The van der Waals surface area contributed by atoms with E-state index in [9.17, 15) is 0 Å². The summed E-state index contributed by atoms with van der Waals surface area (Å²) < 4.78 is 17.3. The number of morpholine rings is 1. The molecule has 1 saturated carbocycles. The fraction of sp³-hybridized carbons (Fsp3) is 0.556. The lowest BCUT2D eigenvalue weighted by Crippen LogP contribution is -2.51. The molecule has 0 bridgehead atoms. The molecular weight excluding hydrogens is 306 g/mol. The van der Waals surface area contributed by atoms with Crippen LogP contribution in [0.25, 0.3) is 0 Å². The van der Waals surface area contributed by atoms with Gasteiger partial charge in [0.15, 0.2) is 0 Å². The Morgan fingerprint density at radius 1 is 1.29 bits per heavy atom. The molecule has 0 spiro atoms. The summed E-state index contributed by atoms with van der Waals surface area (Å²) in [7, 11) is 0. The molecule has 2 aromatic rings. The molecule has 2 aliphatic rings. The maximum absolute atomic E-state index is 6.11. The van der Waals surface area contributed by atoms with E-state index in [-0.39, 0.29) is 12.2 Å². The van der Waals surface area contributed by atoms with Crippen molar-refractivity contribution in [1.29, 1.82) is 0 Å². The average molecular weight is 329 g/mol. The summed E-state index contributed by atoms with van der Waals surface area (Å²) in [5, 5.41) is 4.12. The first kappa shape index (κ1) is 15.7. The molecule has 6 nitrogen and oxygen atoms in total. The van der Waals surface area contributed by atoms with Crippen LogP contribution >= 0.6 is 0 Å². The van der Waals surface area contributed by atoms with Crippen LogP contribution in [-0.4, -0.2) is 46.4 Å². The molecule has 6 heteroatoms. The smallest absolute Gasteiger partial charge is 0.133 e. The standard InChI is InChI=1S/C18H23N3O3/c1-13-10-15(20-24-13)11-21-8-9-22-18-16(21)5-6-17(18)23-12-14-4-2-3-7-19-14/h2-4,7,10,16-18H,5-6,8-9,11-12H2,1H3/t16-,17-,18+/m0/s1. The number of fused-ring (bicyclic) bond motifs is 1. The quantitative estimate of drug-likeness (QED) is 0.839. The molecule has 3 heterocycles. The summed E-state index contributed by atoms with van der Waals surface area (Å²) in [6, 6.07) is 8.30. The Labute approximate surface area is 141 Å². The Kier molecular flexibility index (Phi) is 4.60. The largest absolute Gasteiger partial charge is 0.373 e. The van der Waals surface area contributed by atoms with Crippen molar-refractivity contribution in [2.75, 3.05) is 13.2 Å². The number of hydrogen-bond acceptors (Lipinski definition) is 6. The first-order valence-electron chi connectivity index (χ1n) is 8.59. The van der Waals surface area contributed by atoms with Crippen molar-refractivity contribution >= 4 is 0 Å². The molecule has 1 aliphatic carbocycles. The van der Waals surface area contributed by atoms with Gasteiger partial charge in [-0.15, -0.1) is 0 Å². The van der Waals surface area contributed by atoms with Gasteiger partial charge in [0.1, 0.15) is 5.76 Å². The van der Waals surface area contributed by atoms with E-state index in [4.69, 9.17) is 14.0 Å². The number of rotatable bonds is 5. The molecule has 3 atom stereocenters. The third kappa shape index (κ3) is 3.36. The highest BCUT2D eigenvalue weighted by Crippen LogP contribution is 2.33. The van der Waals surface area contributed by atoms with Crippen molar-refractivity contribution in [3.8, 4) is 0 Å². The van der Waals surface area contributed by atoms with Gasteiger partial charge in [-0.05, 0) is 31.9 Å². The maximum Gasteiger partial charge on any atom is 0.133 e. The van der Waals surface area contributed by atoms with E-state index < -0.39 is 0 Å². The summed E-state index contributed by atoms with van der Waals surface area (Å²) in [5.41, 5.74) is 1.96. The second-order valence-electron chi connectivity index (χ2n) is 6.55. The number of ether oxygens (including phenoxy) is 2. The lowest BCUT2D eigenvalue weighted by Gasteiger charge is -2.38. The molecule has 128 valence electrons. The zero-order chi connectivity index (χ0) is 16.4. The second kappa shape index (κ2) is 7.01. The lowest BCUT2D eigenvalue weighted by molar-refractivity contribution is -0.119. The van der Waals surface area contributed by atoms with Crippen LogP contribution in [-0.2, 0) is 22.6 Å². The van der Waals surface area contributed by atoms with E-state index >= 15 is 0 Å². The Hall–Kier alpha value is -1.76. The number of aromatic nitrogens is 2. The molecule has 24 heavy (non-hydrogen) atoms. The van der Waals surface area contributed by atoms with Crippen LogP contribution in [0.2, 0.25) is 0 Å². The molecule has 4 rings (SSSR count). The predicted octanol–water partition coefficient (Wildman–Crippen LogP) is 2.33. The minimum absolute atomic E-state index is 0.135. The van der Waals surface area contributed by atoms with E-state index in [1.165, 1.54) is 0 Å². The van der Waals surface area contributed by atoms with Crippen LogP contribution in [0, 0.1) is 6.92 Å². The van der Waals surface area contributed by atoms with Gasteiger partial charge >= 0.3 is 0 Å². The predicted molar refractivity (Wildman–Crippen MR) is 87.2 cm³/mol. The van der Waals surface area contributed by atoms with Gasteiger partial charge in [-0.2, -0.15) is 0 Å². The van der Waals surface area contributed by atoms with Crippen molar-refractivity contribution in [2.45, 2.75) is 51.2 Å². The van der Waals surface area contributed by atoms with Gasteiger partial charge in [0.05, 0.1) is 36.8 Å². The summed E-state index contributed by atoms with van der Waals surface area (Å²) in [4.78, 5) is 6.78. The molecule has 0 amide bonds. The third-order valence-electron chi connectivity index (χ3n) is 4.86. The van der Waals surface area contributed by atoms with Gasteiger partial charge in [0.25, 0.3) is 0 Å². The second-order valence-corrected chi connectivity index (χ2v) is 6.55. The molecule has 1 aliphatic heterocycles. The first-order valence-corrected chi connectivity index (χ1v) is 8.59. The molecular formula is C18H23N3O3. The number of hydrogen-bond donors (Lipinski definition) is 0. The van der Waals surface area contributed by atoms with Crippen LogP contribution in [0.1, 0.15) is 30.0 Å². The summed E-state index contributed by atoms with van der Waals surface area (Å²) in [6.07, 6.45) is 4.19. The van der Waals surface area contributed by atoms with Gasteiger partial charge in [0, 0.05) is 31.4 Å². The minimum Gasteiger partial charge on any atom is -0.373 e. The maximum atomic E-state index is 6.11. The monoisotopic (exact) mass is 329 g/mol. The van der Waals surface area contributed by atoms with Crippen LogP contribution in [0.5, 0.6) is 0 Å². The molecule has 2 aromatic heterocycles. The minimum atomic E-state index is 0.135. The van der Waals surface area contributed by atoms with Crippen LogP contribution < -0.4 is 0 Å². The van der Waals surface area contributed by atoms with Crippen LogP contribution in [0.3, 0.4) is 0 Å². The normalized spacial score (nSPS) is 27.3. The Balaban J connectivity index is 1.37. The Morgan fingerprint density at radius 3 is 3.04 bits per heavy atom. The highest BCUT2D eigenvalue weighted by molar-refractivity contribution is 5.06. The molecule has 0 unspecified atom stereocenters. The van der Waals surface area contributed by atoms with Gasteiger partial charge in [-0.1, -0.05) is 11.2 Å². The van der Waals surface area contributed by atoms with Crippen molar-refractivity contribution < 1.29 is 14.0 Å². The lowest BCUT2D eigenvalue weighted by atomic mass is 10.1. The van der Waals surface area contributed by atoms with Gasteiger partial charge in [-0.25, -0.2) is 0 Å². The van der Waals surface area contributed by atoms with Crippen molar-refractivity contribution in [3.63, 3.8) is 0 Å². The van der Waals surface area contributed by atoms with E-state index in [0.717, 1.165) is 49.7 Å². The van der Waals surface area contributed by atoms with E-state index in [1.807, 2.05) is 31.2 Å². The van der Waals surface area contributed by atoms with E-state index in [1.54, 1.807) is 6.20 Å².